The Bertz CT molecular complexity index is 3250. The zero-order valence-electron chi connectivity index (χ0n) is 32.6. The molecule has 5 heteroatoms. The molecule has 1 aliphatic carbocycles. The van der Waals surface area contributed by atoms with Gasteiger partial charge in [0.2, 0.25) is 0 Å². The topological polar surface area (TPSA) is 46.8 Å². The first-order valence-electron chi connectivity index (χ1n) is 20.2. The van der Waals surface area contributed by atoms with Gasteiger partial charge in [0.15, 0.2) is 17.5 Å². The number of hydrogen-bond acceptors (Lipinski definition) is 4. The molecule has 8 aromatic carbocycles. The summed E-state index contributed by atoms with van der Waals surface area (Å²) in [6.07, 6.45) is 0. The van der Waals surface area contributed by atoms with E-state index in [4.69, 9.17) is 15.0 Å². The second kappa shape index (κ2) is 12.7. The molecule has 0 radical (unpaired) electrons. The third-order valence-corrected chi connectivity index (χ3v) is 12.3. The van der Waals surface area contributed by atoms with Gasteiger partial charge in [0.05, 0.1) is 16.9 Å². The van der Waals surface area contributed by atoms with Crippen LogP contribution in [0.4, 0.5) is 17.2 Å². The molecule has 12 rings (SSSR count). The summed E-state index contributed by atoms with van der Waals surface area (Å²) >= 11 is 0. The molecule has 0 fully saturated rings. The van der Waals surface area contributed by atoms with E-state index in [2.05, 4.69) is 175 Å². The van der Waals surface area contributed by atoms with Crippen molar-refractivity contribution in [3.8, 4) is 62.1 Å². The van der Waals surface area contributed by atoms with Crippen molar-refractivity contribution in [3.63, 3.8) is 0 Å². The van der Waals surface area contributed by atoms with Gasteiger partial charge in [0, 0.05) is 44.3 Å². The summed E-state index contributed by atoms with van der Waals surface area (Å²) in [5, 5.41) is 3.64. The van der Waals surface area contributed by atoms with Crippen molar-refractivity contribution in [2.24, 2.45) is 0 Å². The summed E-state index contributed by atoms with van der Waals surface area (Å²) in [6, 6.07) is 67.5. The lowest BCUT2D eigenvalue weighted by atomic mass is 9.81. The molecule has 0 atom stereocenters. The Morgan fingerprint density at radius 3 is 1.66 bits per heavy atom. The molecule has 0 spiro atoms. The van der Waals surface area contributed by atoms with E-state index >= 15 is 0 Å². The SMILES string of the molecule is CC1(C)c2cc(-c3nc(-c4ccccc4)nc(-c4ccccc4)n3)ccc2-c2ccc(N3c4cc5ccccc5cc4-c4ccccc4-n4c3cc3ccccc34)cc21. The molecule has 2 aliphatic rings. The standard InChI is InChI=1S/C54H37N5/c1-54(2)45-30-39(53-56-51(34-15-5-3-6-16-34)55-52(57-53)35-17-7-4-8-18-35)25-27-41(45)42-28-26-40(33-46(42)54)58-49-31-37-20-10-9-19-36(37)29-44(49)43-22-12-14-24-48(43)59-47-23-13-11-21-38(47)32-50(58)59/h3-33H,1-2H3. The van der Waals surface area contributed by atoms with Crippen LogP contribution in [-0.4, -0.2) is 19.5 Å². The van der Waals surface area contributed by atoms with Gasteiger partial charge in [0.1, 0.15) is 5.82 Å². The lowest BCUT2D eigenvalue weighted by Crippen LogP contribution is -2.17. The van der Waals surface area contributed by atoms with Crippen LogP contribution in [0.15, 0.2) is 188 Å². The number of hydrogen-bond donors (Lipinski definition) is 0. The maximum Gasteiger partial charge on any atom is 0.164 e. The maximum atomic E-state index is 5.07. The summed E-state index contributed by atoms with van der Waals surface area (Å²) in [5.41, 5.74) is 14.7. The first-order chi connectivity index (χ1) is 29.0. The van der Waals surface area contributed by atoms with Crippen LogP contribution in [0.1, 0.15) is 25.0 Å². The Kier molecular flexibility index (Phi) is 7.20. The second-order valence-corrected chi connectivity index (χ2v) is 16.1. The third kappa shape index (κ3) is 5.14. The van der Waals surface area contributed by atoms with Crippen molar-refractivity contribution in [2.75, 3.05) is 4.90 Å². The van der Waals surface area contributed by atoms with E-state index in [1.165, 1.54) is 60.7 Å². The molecule has 0 unspecified atom stereocenters. The van der Waals surface area contributed by atoms with Crippen LogP contribution in [0.2, 0.25) is 0 Å². The van der Waals surface area contributed by atoms with Gasteiger partial charge in [-0.1, -0.05) is 153 Å². The number of rotatable bonds is 4. The molecule has 3 heterocycles. The Morgan fingerprint density at radius 2 is 0.949 bits per heavy atom. The number of para-hydroxylation sites is 2. The van der Waals surface area contributed by atoms with Crippen LogP contribution < -0.4 is 4.90 Å². The molecule has 1 aliphatic heterocycles. The highest BCUT2D eigenvalue weighted by Crippen LogP contribution is 2.54. The molecule has 10 aromatic rings. The minimum Gasteiger partial charge on any atom is -0.295 e. The van der Waals surface area contributed by atoms with Crippen LogP contribution in [0.3, 0.4) is 0 Å². The molecule has 5 nitrogen and oxygen atoms in total. The van der Waals surface area contributed by atoms with Gasteiger partial charge in [-0.15, -0.1) is 0 Å². The Hall–Kier alpha value is -7.63. The van der Waals surface area contributed by atoms with Crippen LogP contribution in [-0.2, 0) is 5.41 Å². The van der Waals surface area contributed by atoms with Crippen molar-refractivity contribution in [3.05, 3.63) is 199 Å². The fraction of sp³-hybridized carbons (Fsp3) is 0.0556. The van der Waals surface area contributed by atoms with Crippen LogP contribution in [0.25, 0.3) is 83.8 Å². The van der Waals surface area contributed by atoms with Gasteiger partial charge in [-0.2, -0.15) is 0 Å². The van der Waals surface area contributed by atoms with E-state index in [-0.39, 0.29) is 5.41 Å². The van der Waals surface area contributed by atoms with Gasteiger partial charge < -0.3 is 0 Å². The Morgan fingerprint density at radius 1 is 0.390 bits per heavy atom. The summed E-state index contributed by atoms with van der Waals surface area (Å²) in [5.74, 6) is 3.09. The molecular formula is C54H37N5. The molecule has 0 saturated heterocycles. The fourth-order valence-electron chi connectivity index (χ4n) is 9.42. The summed E-state index contributed by atoms with van der Waals surface area (Å²) in [6.45, 7) is 4.69. The molecule has 0 N–H and O–H groups in total. The van der Waals surface area contributed by atoms with Crippen molar-refractivity contribution >= 4 is 38.9 Å². The van der Waals surface area contributed by atoms with Crippen molar-refractivity contribution < 1.29 is 0 Å². The summed E-state index contributed by atoms with van der Waals surface area (Å²) < 4.78 is 2.44. The van der Waals surface area contributed by atoms with Gasteiger partial charge in [-0.3, -0.25) is 9.47 Å². The Balaban J connectivity index is 1.03. The highest BCUT2D eigenvalue weighted by Gasteiger charge is 2.37. The van der Waals surface area contributed by atoms with Crippen molar-refractivity contribution in [2.45, 2.75) is 19.3 Å². The number of aromatic nitrogens is 4. The van der Waals surface area contributed by atoms with Gasteiger partial charge in [-0.05, 0) is 81.6 Å². The molecule has 0 saturated carbocycles. The fourth-order valence-corrected chi connectivity index (χ4v) is 9.42. The molecule has 0 amide bonds. The van der Waals surface area contributed by atoms with E-state index < -0.39 is 0 Å². The zero-order chi connectivity index (χ0) is 39.2. The predicted molar refractivity (Wildman–Crippen MR) is 242 cm³/mol. The molecule has 59 heavy (non-hydrogen) atoms. The van der Waals surface area contributed by atoms with Crippen molar-refractivity contribution in [1.82, 2.24) is 19.5 Å². The highest BCUT2D eigenvalue weighted by atomic mass is 15.3. The van der Waals surface area contributed by atoms with Gasteiger partial charge in [-0.25, -0.2) is 15.0 Å². The normalized spacial score (nSPS) is 13.4. The number of benzene rings is 8. The first-order valence-corrected chi connectivity index (χ1v) is 20.2. The number of fused-ring (bicyclic) bond motifs is 11. The predicted octanol–water partition coefficient (Wildman–Crippen LogP) is 13.7. The minimum atomic E-state index is -0.304. The average molecular weight is 756 g/mol. The van der Waals surface area contributed by atoms with Crippen LogP contribution in [0.5, 0.6) is 0 Å². The lowest BCUT2D eigenvalue weighted by molar-refractivity contribution is 0.660. The van der Waals surface area contributed by atoms with Crippen LogP contribution in [0, 0.1) is 0 Å². The molecular weight excluding hydrogens is 719 g/mol. The average Bonchev–Trinajstić information content (AvgIpc) is 3.74. The maximum absolute atomic E-state index is 5.07. The van der Waals surface area contributed by atoms with Crippen LogP contribution >= 0.6 is 0 Å². The summed E-state index contributed by atoms with van der Waals surface area (Å²) in [4.78, 5) is 17.6. The molecule has 0 bridgehead atoms. The van der Waals surface area contributed by atoms with E-state index in [0.717, 1.165) is 33.9 Å². The monoisotopic (exact) mass is 755 g/mol. The Labute approximate surface area is 342 Å². The molecule has 278 valence electrons. The van der Waals surface area contributed by atoms with Crippen molar-refractivity contribution in [1.29, 1.82) is 0 Å². The van der Waals surface area contributed by atoms with Gasteiger partial charge in [0.25, 0.3) is 0 Å². The first kappa shape index (κ1) is 33.5. The third-order valence-electron chi connectivity index (χ3n) is 12.3. The molecule has 2 aromatic heterocycles. The largest absolute Gasteiger partial charge is 0.295 e. The van der Waals surface area contributed by atoms with Gasteiger partial charge >= 0.3 is 0 Å². The number of anilines is 3. The van der Waals surface area contributed by atoms with E-state index in [1.54, 1.807) is 0 Å². The second-order valence-electron chi connectivity index (χ2n) is 16.1. The quantitative estimate of drug-likeness (QED) is 0.179. The highest BCUT2D eigenvalue weighted by molar-refractivity contribution is 6.04. The summed E-state index contributed by atoms with van der Waals surface area (Å²) in [7, 11) is 0. The minimum absolute atomic E-state index is 0.304. The van der Waals surface area contributed by atoms with E-state index in [9.17, 15) is 0 Å². The zero-order valence-corrected chi connectivity index (χ0v) is 32.6. The lowest BCUT2D eigenvalue weighted by Gasteiger charge is -2.28. The van der Waals surface area contributed by atoms with E-state index in [1.807, 2.05) is 36.4 Å². The number of nitrogens with zero attached hydrogens (tertiary/aromatic N) is 5. The smallest absolute Gasteiger partial charge is 0.164 e. The van der Waals surface area contributed by atoms with E-state index in [0.29, 0.717) is 17.5 Å².